The van der Waals surface area contributed by atoms with Gasteiger partial charge >= 0.3 is 0 Å². The summed E-state index contributed by atoms with van der Waals surface area (Å²) >= 11 is 1.42. The molecule has 0 saturated carbocycles. The molecule has 0 aliphatic rings. The first kappa shape index (κ1) is 14.6. The molecule has 0 unspecified atom stereocenters. The largest absolute Gasteiger partial charge is 0.331 e. The quantitative estimate of drug-likeness (QED) is 0.889. The molecule has 0 fully saturated rings. The summed E-state index contributed by atoms with van der Waals surface area (Å²) < 4.78 is 0. The van der Waals surface area contributed by atoms with E-state index in [2.05, 4.69) is 10.3 Å². The van der Waals surface area contributed by atoms with Crippen LogP contribution in [0.4, 0.5) is 5.13 Å². The fraction of sp³-hybridized carbons (Fsp3) is 0.583. The Bertz CT molecular complexity index is 429. The van der Waals surface area contributed by atoms with Crippen molar-refractivity contribution < 1.29 is 9.59 Å². The van der Waals surface area contributed by atoms with Crippen molar-refractivity contribution in [3.05, 3.63) is 11.1 Å². The second-order valence-corrected chi connectivity index (χ2v) is 5.53. The van der Waals surface area contributed by atoms with Crippen molar-refractivity contribution in [2.75, 3.05) is 11.9 Å². The number of amides is 2. The minimum atomic E-state index is -0.208. The summed E-state index contributed by atoms with van der Waals surface area (Å²) in [5.74, 6) is -0.227. The Hall–Kier alpha value is -1.43. The van der Waals surface area contributed by atoms with Gasteiger partial charge in [-0.2, -0.15) is 0 Å². The highest BCUT2D eigenvalue weighted by atomic mass is 32.1. The Kier molecular flexibility index (Phi) is 5.27. The maximum atomic E-state index is 11.8. The third-order valence-electron chi connectivity index (χ3n) is 2.43. The number of anilines is 1. The maximum absolute atomic E-state index is 11.8. The lowest BCUT2D eigenvalue weighted by molar-refractivity contribution is -0.136. The summed E-state index contributed by atoms with van der Waals surface area (Å²) in [6.45, 7) is 7.58. The summed E-state index contributed by atoms with van der Waals surface area (Å²) in [6, 6.07) is 0.0150. The lowest BCUT2D eigenvalue weighted by Crippen LogP contribution is -2.42. The zero-order valence-corrected chi connectivity index (χ0v) is 12.0. The number of aromatic nitrogens is 1. The molecule has 1 rings (SSSR count). The van der Waals surface area contributed by atoms with Crippen LogP contribution in [-0.2, 0) is 9.59 Å². The number of hydrogen-bond acceptors (Lipinski definition) is 4. The molecule has 18 heavy (non-hydrogen) atoms. The van der Waals surface area contributed by atoms with Crippen LogP contribution in [0.3, 0.4) is 0 Å². The van der Waals surface area contributed by atoms with E-state index in [1.165, 1.54) is 11.3 Å². The number of carbonyl (C=O) groups excluding carboxylic acids is 2. The van der Waals surface area contributed by atoms with E-state index in [4.69, 9.17) is 0 Å². The third-order valence-corrected chi connectivity index (χ3v) is 3.26. The molecule has 2 amide bonds. The molecule has 100 valence electrons. The van der Waals surface area contributed by atoms with Gasteiger partial charge in [0.1, 0.15) is 6.54 Å². The second kappa shape index (κ2) is 6.49. The van der Waals surface area contributed by atoms with Gasteiger partial charge < -0.3 is 10.2 Å². The molecule has 0 aliphatic heterocycles. The molecule has 0 spiro atoms. The van der Waals surface area contributed by atoms with Crippen LogP contribution in [0.25, 0.3) is 0 Å². The third kappa shape index (κ3) is 4.10. The van der Waals surface area contributed by atoms with Gasteiger partial charge in [0.05, 0.1) is 0 Å². The lowest BCUT2D eigenvalue weighted by Gasteiger charge is -2.25. The molecule has 5 nitrogen and oxygen atoms in total. The fourth-order valence-electron chi connectivity index (χ4n) is 1.49. The molecule has 1 N–H and O–H groups in total. The number of nitrogens with zero attached hydrogens (tertiary/aromatic N) is 2. The molecule has 1 heterocycles. The number of aryl methyl sites for hydroxylation is 1. The molecular formula is C12H19N3O2S. The normalized spacial score (nSPS) is 10.5. The first-order chi connectivity index (χ1) is 8.43. The van der Waals surface area contributed by atoms with E-state index in [9.17, 15) is 9.59 Å². The number of thiazole rings is 1. The fourth-order valence-corrected chi connectivity index (χ4v) is 2.17. The number of nitrogens with one attached hydrogen (secondary N) is 1. The van der Waals surface area contributed by atoms with Gasteiger partial charge in [-0.15, -0.1) is 11.3 Å². The number of rotatable bonds is 5. The van der Waals surface area contributed by atoms with Crippen molar-refractivity contribution in [1.29, 1.82) is 0 Å². The molecule has 6 heteroatoms. The molecule has 0 saturated heterocycles. The van der Waals surface area contributed by atoms with Crippen LogP contribution in [0.15, 0.2) is 6.20 Å². The van der Waals surface area contributed by atoms with Gasteiger partial charge in [-0.05, 0) is 20.8 Å². The van der Waals surface area contributed by atoms with Crippen molar-refractivity contribution in [3.63, 3.8) is 0 Å². The van der Waals surface area contributed by atoms with Crippen LogP contribution in [0, 0.1) is 6.92 Å². The smallest absolute Gasteiger partial charge is 0.245 e. The van der Waals surface area contributed by atoms with Gasteiger partial charge in [-0.1, -0.05) is 6.92 Å². The van der Waals surface area contributed by atoms with Crippen LogP contribution < -0.4 is 5.32 Å². The molecular weight excluding hydrogens is 250 g/mol. The van der Waals surface area contributed by atoms with Gasteiger partial charge in [0.2, 0.25) is 11.8 Å². The molecule has 1 aromatic heterocycles. The highest BCUT2D eigenvalue weighted by Crippen LogP contribution is 2.16. The predicted octanol–water partition coefficient (Wildman–Crippen LogP) is 2.04. The molecule has 0 atom stereocenters. The first-order valence-corrected chi connectivity index (χ1v) is 6.77. The lowest BCUT2D eigenvalue weighted by atomic mass is 10.2. The van der Waals surface area contributed by atoms with Crippen LogP contribution >= 0.6 is 11.3 Å². The van der Waals surface area contributed by atoms with Crippen molar-refractivity contribution in [2.45, 2.75) is 40.2 Å². The van der Waals surface area contributed by atoms with Crippen LogP contribution in [-0.4, -0.2) is 34.3 Å². The van der Waals surface area contributed by atoms with E-state index in [0.717, 1.165) is 4.88 Å². The highest BCUT2D eigenvalue weighted by molar-refractivity contribution is 7.15. The van der Waals surface area contributed by atoms with Crippen molar-refractivity contribution in [2.24, 2.45) is 0 Å². The topological polar surface area (TPSA) is 62.3 Å². The van der Waals surface area contributed by atoms with Crippen LogP contribution in [0.1, 0.15) is 32.1 Å². The molecule has 1 aromatic rings. The van der Waals surface area contributed by atoms with Crippen molar-refractivity contribution in [1.82, 2.24) is 9.88 Å². The summed E-state index contributed by atoms with van der Waals surface area (Å²) in [5.41, 5.74) is 0. The van der Waals surface area contributed by atoms with Gasteiger partial charge in [-0.25, -0.2) is 4.98 Å². The van der Waals surface area contributed by atoms with Crippen LogP contribution in [0.2, 0.25) is 0 Å². The standard InChI is InChI=1S/C12H19N3O2S/c1-5-11(17)15(8(2)3)7-10(16)14-12-13-6-9(4)18-12/h6,8H,5,7H2,1-4H3,(H,13,14,16). The first-order valence-electron chi connectivity index (χ1n) is 5.95. The molecule has 0 bridgehead atoms. The minimum absolute atomic E-state index is 0.0150. The summed E-state index contributed by atoms with van der Waals surface area (Å²) in [4.78, 5) is 30.2. The zero-order chi connectivity index (χ0) is 13.7. The minimum Gasteiger partial charge on any atom is -0.331 e. The maximum Gasteiger partial charge on any atom is 0.245 e. The monoisotopic (exact) mass is 269 g/mol. The Morgan fingerprint density at radius 1 is 1.50 bits per heavy atom. The van der Waals surface area contributed by atoms with E-state index < -0.39 is 0 Å². The predicted molar refractivity (Wildman–Crippen MR) is 72.6 cm³/mol. The molecule has 0 aromatic carbocycles. The molecule has 0 aliphatic carbocycles. The summed E-state index contributed by atoms with van der Waals surface area (Å²) in [6.07, 6.45) is 2.11. The van der Waals surface area contributed by atoms with Crippen molar-refractivity contribution >= 4 is 28.3 Å². The Balaban J connectivity index is 2.59. The van der Waals surface area contributed by atoms with Crippen molar-refractivity contribution in [3.8, 4) is 0 Å². The second-order valence-electron chi connectivity index (χ2n) is 4.29. The summed E-state index contributed by atoms with van der Waals surface area (Å²) in [5, 5.41) is 3.28. The molecule has 0 radical (unpaired) electrons. The number of hydrogen-bond donors (Lipinski definition) is 1. The van der Waals surface area contributed by atoms with E-state index in [-0.39, 0.29) is 24.4 Å². The average molecular weight is 269 g/mol. The van der Waals surface area contributed by atoms with E-state index >= 15 is 0 Å². The average Bonchev–Trinajstić information content (AvgIpc) is 2.70. The van der Waals surface area contributed by atoms with Gasteiger partial charge in [0, 0.05) is 23.5 Å². The highest BCUT2D eigenvalue weighted by Gasteiger charge is 2.19. The van der Waals surface area contributed by atoms with E-state index in [1.807, 2.05) is 20.8 Å². The number of carbonyl (C=O) groups is 2. The van der Waals surface area contributed by atoms with E-state index in [1.54, 1.807) is 18.0 Å². The van der Waals surface area contributed by atoms with Gasteiger partial charge in [0.25, 0.3) is 0 Å². The Morgan fingerprint density at radius 2 is 2.17 bits per heavy atom. The zero-order valence-electron chi connectivity index (χ0n) is 11.2. The Morgan fingerprint density at radius 3 is 2.61 bits per heavy atom. The SMILES string of the molecule is CCC(=O)N(CC(=O)Nc1ncc(C)s1)C(C)C. The van der Waals surface area contributed by atoms with E-state index in [0.29, 0.717) is 11.6 Å². The summed E-state index contributed by atoms with van der Waals surface area (Å²) in [7, 11) is 0. The Labute approximate surface area is 111 Å². The van der Waals surface area contributed by atoms with Gasteiger partial charge in [-0.3, -0.25) is 9.59 Å². The van der Waals surface area contributed by atoms with Crippen LogP contribution in [0.5, 0.6) is 0 Å². The van der Waals surface area contributed by atoms with Gasteiger partial charge in [0.15, 0.2) is 5.13 Å².